The number of benzene rings is 3. The van der Waals surface area contributed by atoms with Gasteiger partial charge in [-0.05, 0) is 66.6 Å². The number of hydrogen-bond donors (Lipinski definition) is 7. The van der Waals surface area contributed by atoms with Crippen molar-refractivity contribution < 1.29 is 27.9 Å². The summed E-state index contributed by atoms with van der Waals surface area (Å²) in [7, 11) is -2.30. The largest absolute Gasteiger partial charge is 0.481 e. The Hall–Kier alpha value is -4.78. The van der Waals surface area contributed by atoms with Crippen molar-refractivity contribution in [1.29, 1.82) is 0 Å². The number of hydrogen-bond acceptors (Lipinski definition) is 6. The van der Waals surface area contributed by atoms with E-state index in [2.05, 4.69) is 31.3 Å². The van der Waals surface area contributed by atoms with Crippen molar-refractivity contribution in [1.82, 2.24) is 10.6 Å². The van der Waals surface area contributed by atoms with E-state index in [0.717, 1.165) is 12.1 Å². The normalized spacial score (nSPS) is 11.6. The van der Waals surface area contributed by atoms with Crippen molar-refractivity contribution in [2.24, 2.45) is 0 Å². The molecule has 13 heteroatoms. The highest BCUT2D eigenvalue weighted by atomic mass is 32.2. The van der Waals surface area contributed by atoms with Gasteiger partial charge in [-0.25, -0.2) is 18.0 Å². The number of anilines is 4. The number of carbonyl (C=O) groups is 3. The molecule has 3 aromatic carbocycles. The highest BCUT2D eigenvalue weighted by Crippen LogP contribution is 2.24. The lowest BCUT2D eigenvalue weighted by Gasteiger charge is -2.19. The summed E-state index contributed by atoms with van der Waals surface area (Å²) in [4.78, 5) is 36.0. The van der Waals surface area contributed by atoms with Gasteiger partial charge in [-0.15, -0.1) is 0 Å². The molecule has 7 N–H and O–H groups in total. The van der Waals surface area contributed by atoms with Crippen LogP contribution in [0.2, 0.25) is 0 Å². The second-order valence-corrected chi connectivity index (χ2v) is 10.4. The van der Waals surface area contributed by atoms with Gasteiger partial charge in [0, 0.05) is 36.3 Å². The number of aliphatic carboxylic acids is 1. The minimum atomic E-state index is -4.07. The van der Waals surface area contributed by atoms with E-state index in [4.69, 9.17) is 0 Å². The quantitative estimate of drug-likeness (QED) is 0.169. The van der Waals surface area contributed by atoms with E-state index in [-0.39, 0.29) is 10.6 Å². The van der Waals surface area contributed by atoms with E-state index in [1.165, 1.54) is 30.3 Å². The fourth-order valence-corrected chi connectivity index (χ4v) is 4.76. The van der Waals surface area contributed by atoms with Crippen molar-refractivity contribution in [3.63, 3.8) is 0 Å². The average Bonchev–Trinajstić information content (AvgIpc) is 2.92. The van der Waals surface area contributed by atoms with Crippen LogP contribution in [0, 0.1) is 0 Å². The molecule has 3 aromatic rings. The molecule has 40 heavy (non-hydrogen) atoms. The second kappa shape index (κ2) is 13.8. The Balaban J connectivity index is 1.74. The van der Waals surface area contributed by atoms with Gasteiger partial charge < -0.3 is 31.7 Å². The molecule has 212 valence electrons. The number of carboxylic acid groups (broad SMARTS) is 1. The Bertz CT molecular complexity index is 1450. The molecular formula is C27H32N6O6S. The van der Waals surface area contributed by atoms with Crippen LogP contribution >= 0.6 is 0 Å². The van der Waals surface area contributed by atoms with Crippen LogP contribution in [0.1, 0.15) is 31.4 Å². The fraction of sp³-hybridized carbons (Fsp3) is 0.222. The molecule has 0 aliphatic heterocycles. The van der Waals surface area contributed by atoms with E-state index in [1.54, 1.807) is 49.5 Å². The van der Waals surface area contributed by atoms with Crippen LogP contribution in [-0.4, -0.2) is 45.1 Å². The Morgan fingerprint density at radius 2 is 1.48 bits per heavy atom. The van der Waals surface area contributed by atoms with Gasteiger partial charge in [-0.2, -0.15) is 0 Å². The van der Waals surface area contributed by atoms with Crippen molar-refractivity contribution in [3.8, 4) is 0 Å². The molecule has 0 bridgehead atoms. The molecule has 1 atom stereocenters. The lowest BCUT2D eigenvalue weighted by atomic mass is 10.0. The van der Waals surface area contributed by atoms with Gasteiger partial charge in [0.05, 0.1) is 17.4 Å². The monoisotopic (exact) mass is 568 g/mol. The maximum absolute atomic E-state index is 13.1. The molecule has 3 rings (SSSR count). The van der Waals surface area contributed by atoms with Crippen LogP contribution < -0.4 is 31.3 Å². The van der Waals surface area contributed by atoms with Gasteiger partial charge in [0.15, 0.2) is 0 Å². The lowest BCUT2D eigenvalue weighted by Crippen LogP contribution is -2.33. The molecule has 4 amide bonds. The maximum Gasteiger partial charge on any atom is 0.319 e. The number of amides is 4. The van der Waals surface area contributed by atoms with Gasteiger partial charge in [0.2, 0.25) is 0 Å². The van der Waals surface area contributed by atoms with Crippen LogP contribution in [0.25, 0.3) is 0 Å². The van der Waals surface area contributed by atoms with Gasteiger partial charge in [-0.3, -0.25) is 9.52 Å². The zero-order chi connectivity index (χ0) is 29.1. The van der Waals surface area contributed by atoms with Crippen molar-refractivity contribution in [3.05, 3.63) is 78.4 Å². The Morgan fingerprint density at radius 3 is 2.15 bits per heavy atom. The van der Waals surface area contributed by atoms with Crippen LogP contribution in [0.5, 0.6) is 0 Å². The molecule has 0 spiro atoms. The summed E-state index contributed by atoms with van der Waals surface area (Å²) in [6, 6.07) is 16.7. The first-order valence-electron chi connectivity index (χ1n) is 12.4. The van der Waals surface area contributed by atoms with Gasteiger partial charge in [0.25, 0.3) is 10.0 Å². The molecule has 12 nitrogen and oxygen atoms in total. The second-order valence-electron chi connectivity index (χ2n) is 8.72. The van der Waals surface area contributed by atoms with Gasteiger partial charge in [0.1, 0.15) is 0 Å². The summed E-state index contributed by atoms with van der Waals surface area (Å²) in [5.74, 6) is -1.15. The molecule has 0 radical (unpaired) electrons. The summed E-state index contributed by atoms with van der Waals surface area (Å²) in [6.45, 7) is 2.39. The summed E-state index contributed by atoms with van der Waals surface area (Å²) in [5, 5.41) is 22.9. The van der Waals surface area contributed by atoms with E-state index in [0.29, 0.717) is 23.5 Å². The SMILES string of the molecule is CCCNC(=O)Nc1cccc(S(=O)(=O)Nc2cccc([C@@H](CC(=O)O)NC(=O)Nc3ccc(NC)cc3)c2)c1. The number of rotatable bonds is 12. The summed E-state index contributed by atoms with van der Waals surface area (Å²) >= 11 is 0. The first-order valence-corrected chi connectivity index (χ1v) is 13.9. The molecule has 0 fully saturated rings. The molecule has 0 aliphatic rings. The van der Waals surface area contributed by atoms with Gasteiger partial charge >= 0.3 is 18.0 Å². The molecule has 0 aromatic heterocycles. The Kier molecular flexibility index (Phi) is 10.3. The van der Waals surface area contributed by atoms with E-state index >= 15 is 0 Å². The van der Waals surface area contributed by atoms with Gasteiger partial charge in [-0.1, -0.05) is 25.1 Å². The first-order chi connectivity index (χ1) is 19.1. The van der Waals surface area contributed by atoms with Crippen LogP contribution in [0.4, 0.5) is 32.3 Å². The average molecular weight is 569 g/mol. The Labute approximate surface area is 232 Å². The number of nitrogens with one attached hydrogen (secondary N) is 6. The Morgan fingerprint density at radius 1 is 0.825 bits per heavy atom. The predicted octanol–water partition coefficient (Wildman–Crippen LogP) is 4.40. The molecule has 0 heterocycles. The van der Waals surface area contributed by atoms with E-state index in [9.17, 15) is 27.9 Å². The topological polar surface area (TPSA) is 178 Å². The van der Waals surface area contributed by atoms with E-state index < -0.39 is 40.5 Å². The smallest absolute Gasteiger partial charge is 0.319 e. The maximum atomic E-state index is 13.1. The zero-order valence-electron chi connectivity index (χ0n) is 22.0. The molecule has 0 saturated carbocycles. The number of carbonyl (C=O) groups excluding carboxylic acids is 2. The van der Waals surface area contributed by atoms with Crippen molar-refractivity contribution >= 4 is 50.8 Å². The lowest BCUT2D eigenvalue weighted by molar-refractivity contribution is -0.137. The highest BCUT2D eigenvalue weighted by Gasteiger charge is 2.20. The summed E-state index contributed by atoms with van der Waals surface area (Å²) in [5.41, 5.74) is 2.20. The van der Waals surface area contributed by atoms with Crippen LogP contribution in [0.3, 0.4) is 0 Å². The number of urea groups is 2. The minimum Gasteiger partial charge on any atom is -0.481 e. The molecule has 0 unspecified atom stereocenters. The fourth-order valence-electron chi connectivity index (χ4n) is 3.66. The first kappa shape index (κ1) is 29.8. The molecule has 0 aliphatic carbocycles. The predicted molar refractivity (Wildman–Crippen MR) is 154 cm³/mol. The number of sulfonamides is 1. The summed E-state index contributed by atoms with van der Waals surface area (Å²) in [6.07, 6.45) is 0.319. The standard InChI is InChI=1S/C27H32N6O6S/c1-3-14-29-26(36)31-21-7-5-9-23(16-21)40(38,39)33-22-8-4-6-18(15-22)24(17-25(34)35)32-27(37)30-20-12-10-19(28-2)11-13-20/h4-13,15-16,24,28,33H,3,14,17H2,1-2H3,(H,34,35)(H2,29,31,36)(H2,30,32,37)/t24-/m1/s1. The van der Waals surface area contributed by atoms with Crippen LogP contribution in [-0.2, 0) is 14.8 Å². The van der Waals surface area contributed by atoms with Crippen molar-refractivity contribution in [2.45, 2.75) is 30.7 Å². The van der Waals surface area contributed by atoms with Crippen LogP contribution in [0.15, 0.2) is 77.7 Å². The third-order valence-electron chi connectivity index (χ3n) is 5.59. The zero-order valence-corrected chi connectivity index (χ0v) is 22.8. The molecule has 0 saturated heterocycles. The van der Waals surface area contributed by atoms with E-state index in [1.807, 2.05) is 6.92 Å². The summed E-state index contributed by atoms with van der Waals surface area (Å²) < 4.78 is 28.6. The third-order valence-corrected chi connectivity index (χ3v) is 6.97. The van der Waals surface area contributed by atoms with Crippen molar-refractivity contribution in [2.75, 3.05) is 34.3 Å². The third kappa shape index (κ3) is 8.91. The number of carboxylic acids is 1. The highest BCUT2D eigenvalue weighted by molar-refractivity contribution is 7.92. The minimum absolute atomic E-state index is 0.0879. The molecular weight excluding hydrogens is 536 g/mol.